The summed E-state index contributed by atoms with van der Waals surface area (Å²) in [6.45, 7) is 3.97. The first-order chi connectivity index (χ1) is 9.04. The molecule has 0 unspecified atom stereocenters. The molecule has 19 heavy (non-hydrogen) atoms. The molecule has 0 spiro atoms. The third kappa shape index (κ3) is 2.71. The number of carbonyl (C=O) groups excluding carboxylic acids is 1. The standard InChI is InChI=1S/C16H15BrO2/c1-10-7-8-14(16(19-3)11(10)2)15(18)12-5-4-6-13(17)9-12/h4-9H,1-3H3. The molecule has 0 N–H and O–H groups in total. The van der Waals surface area contributed by atoms with Crippen molar-refractivity contribution in [1.82, 2.24) is 0 Å². The highest BCUT2D eigenvalue weighted by atomic mass is 79.9. The maximum absolute atomic E-state index is 12.5. The van der Waals surface area contributed by atoms with E-state index >= 15 is 0 Å². The summed E-state index contributed by atoms with van der Waals surface area (Å²) >= 11 is 3.38. The zero-order chi connectivity index (χ0) is 14.0. The Kier molecular flexibility index (Phi) is 4.05. The molecule has 2 nitrogen and oxygen atoms in total. The molecule has 0 saturated carbocycles. The lowest BCUT2D eigenvalue weighted by molar-refractivity contribution is 0.103. The first-order valence-corrected chi connectivity index (χ1v) is 6.78. The molecule has 0 atom stereocenters. The van der Waals surface area contributed by atoms with Gasteiger partial charge in [-0.25, -0.2) is 0 Å². The normalized spacial score (nSPS) is 10.3. The second-order valence-electron chi connectivity index (χ2n) is 4.43. The van der Waals surface area contributed by atoms with Crippen LogP contribution in [-0.2, 0) is 0 Å². The second-order valence-corrected chi connectivity index (χ2v) is 5.34. The molecule has 0 fully saturated rings. The summed E-state index contributed by atoms with van der Waals surface area (Å²) in [7, 11) is 1.60. The van der Waals surface area contributed by atoms with Crippen molar-refractivity contribution in [1.29, 1.82) is 0 Å². The van der Waals surface area contributed by atoms with E-state index < -0.39 is 0 Å². The molecular formula is C16H15BrO2. The fraction of sp³-hybridized carbons (Fsp3) is 0.188. The molecule has 0 heterocycles. The Labute approximate surface area is 121 Å². The maximum atomic E-state index is 12.5. The van der Waals surface area contributed by atoms with Gasteiger partial charge in [-0.2, -0.15) is 0 Å². The van der Waals surface area contributed by atoms with Crippen molar-refractivity contribution < 1.29 is 9.53 Å². The smallest absolute Gasteiger partial charge is 0.196 e. The molecule has 0 aliphatic carbocycles. The van der Waals surface area contributed by atoms with Crippen LogP contribution in [0.3, 0.4) is 0 Å². The first kappa shape index (κ1) is 13.8. The van der Waals surface area contributed by atoms with E-state index in [1.807, 2.05) is 50.2 Å². The number of benzene rings is 2. The molecule has 2 aromatic carbocycles. The Morgan fingerprint density at radius 3 is 2.53 bits per heavy atom. The van der Waals surface area contributed by atoms with Crippen molar-refractivity contribution in [2.45, 2.75) is 13.8 Å². The molecule has 2 aromatic rings. The molecule has 0 amide bonds. The fourth-order valence-corrected chi connectivity index (χ4v) is 2.42. The number of rotatable bonds is 3. The predicted octanol–water partition coefficient (Wildman–Crippen LogP) is 4.31. The van der Waals surface area contributed by atoms with E-state index in [9.17, 15) is 4.79 Å². The van der Waals surface area contributed by atoms with E-state index in [1.54, 1.807) is 7.11 Å². The van der Waals surface area contributed by atoms with Crippen LogP contribution >= 0.6 is 15.9 Å². The van der Waals surface area contributed by atoms with E-state index in [4.69, 9.17) is 4.74 Å². The summed E-state index contributed by atoms with van der Waals surface area (Å²) in [6, 6.07) is 11.1. The Morgan fingerprint density at radius 2 is 1.89 bits per heavy atom. The third-order valence-electron chi connectivity index (χ3n) is 3.21. The molecule has 0 aromatic heterocycles. The minimum atomic E-state index is -0.0266. The van der Waals surface area contributed by atoms with Crippen LogP contribution in [-0.4, -0.2) is 12.9 Å². The number of hydrogen-bond acceptors (Lipinski definition) is 2. The van der Waals surface area contributed by atoms with E-state index in [-0.39, 0.29) is 5.78 Å². The Bertz CT molecular complexity index is 633. The van der Waals surface area contributed by atoms with Gasteiger partial charge in [0.25, 0.3) is 0 Å². The van der Waals surface area contributed by atoms with E-state index in [1.165, 1.54) is 0 Å². The van der Waals surface area contributed by atoms with Crippen molar-refractivity contribution >= 4 is 21.7 Å². The number of halogens is 1. The highest BCUT2D eigenvalue weighted by Crippen LogP contribution is 2.28. The summed E-state index contributed by atoms with van der Waals surface area (Å²) in [4.78, 5) is 12.5. The predicted molar refractivity (Wildman–Crippen MR) is 80.0 cm³/mol. The van der Waals surface area contributed by atoms with Crippen molar-refractivity contribution in [3.63, 3.8) is 0 Å². The van der Waals surface area contributed by atoms with E-state index in [0.29, 0.717) is 16.9 Å². The third-order valence-corrected chi connectivity index (χ3v) is 3.71. The Morgan fingerprint density at radius 1 is 1.16 bits per heavy atom. The van der Waals surface area contributed by atoms with Gasteiger partial charge in [-0.3, -0.25) is 4.79 Å². The minimum Gasteiger partial charge on any atom is -0.496 e. The summed E-state index contributed by atoms with van der Waals surface area (Å²) in [5.74, 6) is 0.631. The zero-order valence-corrected chi connectivity index (χ0v) is 12.7. The first-order valence-electron chi connectivity index (χ1n) is 5.99. The highest BCUT2D eigenvalue weighted by Gasteiger charge is 2.17. The van der Waals surface area contributed by atoms with Crippen LogP contribution in [0.15, 0.2) is 40.9 Å². The molecular weight excluding hydrogens is 304 g/mol. The lowest BCUT2D eigenvalue weighted by Crippen LogP contribution is -2.06. The zero-order valence-electron chi connectivity index (χ0n) is 11.2. The molecule has 0 radical (unpaired) electrons. The second kappa shape index (κ2) is 5.57. The van der Waals surface area contributed by atoms with Crippen LogP contribution in [0.25, 0.3) is 0 Å². The summed E-state index contributed by atoms with van der Waals surface area (Å²) in [5.41, 5.74) is 3.37. The number of ketones is 1. The minimum absolute atomic E-state index is 0.0266. The molecule has 2 rings (SSSR count). The van der Waals surface area contributed by atoms with Gasteiger partial charge in [0.05, 0.1) is 12.7 Å². The lowest BCUT2D eigenvalue weighted by atomic mass is 9.98. The quantitative estimate of drug-likeness (QED) is 0.788. The molecule has 3 heteroatoms. The van der Waals surface area contributed by atoms with Crippen molar-refractivity contribution in [2.24, 2.45) is 0 Å². The molecule has 0 aliphatic heterocycles. The van der Waals surface area contributed by atoms with Crippen LogP contribution in [0.1, 0.15) is 27.0 Å². The lowest BCUT2D eigenvalue weighted by Gasteiger charge is -2.12. The van der Waals surface area contributed by atoms with Gasteiger partial charge in [-0.1, -0.05) is 34.1 Å². The van der Waals surface area contributed by atoms with Gasteiger partial charge in [0.1, 0.15) is 5.75 Å². The molecule has 98 valence electrons. The average molecular weight is 319 g/mol. The molecule has 0 bridgehead atoms. The number of methoxy groups -OCH3 is 1. The number of ether oxygens (including phenoxy) is 1. The van der Waals surface area contributed by atoms with Crippen molar-refractivity contribution in [3.05, 3.63) is 63.1 Å². The topological polar surface area (TPSA) is 26.3 Å². The molecule has 0 saturated heterocycles. The van der Waals surface area contributed by atoms with Gasteiger partial charge >= 0.3 is 0 Å². The largest absolute Gasteiger partial charge is 0.496 e. The summed E-state index contributed by atoms with van der Waals surface area (Å²) in [6.07, 6.45) is 0. The Balaban J connectivity index is 2.53. The summed E-state index contributed by atoms with van der Waals surface area (Å²) < 4.78 is 6.29. The highest BCUT2D eigenvalue weighted by molar-refractivity contribution is 9.10. The van der Waals surface area contributed by atoms with E-state index in [2.05, 4.69) is 15.9 Å². The number of hydrogen-bond donors (Lipinski definition) is 0. The number of carbonyl (C=O) groups is 1. The van der Waals surface area contributed by atoms with Gasteiger partial charge in [-0.05, 0) is 43.2 Å². The van der Waals surface area contributed by atoms with Gasteiger partial charge in [0.2, 0.25) is 0 Å². The van der Waals surface area contributed by atoms with Crippen LogP contribution in [0.4, 0.5) is 0 Å². The number of aryl methyl sites for hydroxylation is 1. The monoisotopic (exact) mass is 318 g/mol. The fourth-order valence-electron chi connectivity index (χ4n) is 2.02. The van der Waals surface area contributed by atoms with Crippen LogP contribution < -0.4 is 4.74 Å². The average Bonchev–Trinajstić information content (AvgIpc) is 2.41. The SMILES string of the molecule is COc1c(C(=O)c2cccc(Br)c2)ccc(C)c1C. The van der Waals surface area contributed by atoms with Gasteiger partial charge in [0, 0.05) is 10.0 Å². The van der Waals surface area contributed by atoms with Crippen molar-refractivity contribution in [3.8, 4) is 5.75 Å². The van der Waals surface area contributed by atoms with Gasteiger partial charge < -0.3 is 4.74 Å². The van der Waals surface area contributed by atoms with Crippen LogP contribution in [0.5, 0.6) is 5.75 Å². The summed E-state index contributed by atoms with van der Waals surface area (Å²) in [5, 5.41) is 0. The van der Waals surface area contributed by atoms with Gasteiger partial charge in [0.15, 0.2) is 5.78 Å². The van der Waals surface area contributed by atoms with Crippen LogP contribution in [0.2, 0.25) is 0 Å². The molecule has 0 aliphatic rings. The van der Waals surface area contributed by atoms with Gasteiger partial charge in [-0.15, -0.1) is 0 Å². The van der Waals surface area contributed by atoms with Crippen LogP contribution in [0, 0.1) is 13.8 Å². The van der Waals surface area contributed by atoms with Crippen molar-refractivity contribution in [2.75, 3.05) is 7.11 Å². The maximum Gasteiger partial charge on any atom is 0.196 e. The van der Waals surface area contributed by atoms with E-state index in [0.717, 1.165) is 15.6 Å². The Hall–Kier alpha value is -1.61.